The van der Waals surface area contributed by atoms with Crippen LogP contribution in [0.1, 0.15) is 30.0 Å². The van der Waals surface area contributed by atoms with Gasteiger partial charge >= 0.3 is 0 Å². The fourth-order valence-electron chi connectivity index (χ4n) is 2.35. The molecule has 0 radical (unpaired) electrons. The van der Waals surface area contributed by atoms with Crippen molar-refractivity contribution >= 4 is 15.9 Å². The average molecular weight is 350 g/mol. The Kier molecular flexibility index (Phi) is 4.27. The third-order valence-electron chi connectivity index (χ3n) is 3.60. The molecule has 0 heterocycles. The molecule has 0 amide bonds. The second-order valence-electron chi connectivity index (χ2n) is 5.27. The predicted octanol–water partition coefficient (Wildman–Crippen LogP) is 4.44. The Morgan fingerprint density at radius 1 is 1.19 bits per heavy atom. The molecule has 21 heavy (non-hydrogen) atoms. The molecule has 1 aliphatic rings. The summed E-state index contributed by atoms with van der Waals surface area (Å²) in [4.78, 5) is 0. The highest BCUT2D eigenvalue weighted by molar-refractivity contribution is 9.10. The van der Waals surface area contributed by atoms with Crippen LogP contribution in [0.4, 0.5) is 4.39 Å². The van der Waals surface area contributed by atoms with Crippen molar-refractivity contribution in [3.05, 3.63) is 63.9 Å². The predicted molar refractivity (Wildman–Crippen MR) is 85.1 cm³/mol. The molecular formula is C17H17BrFNO. The Morgan fingerprint density at radius 2 is 1.90 bits per heavy atom. The van der Waals surface area contributed by atoms with E-state index in [-0.39, 0.29) is 11.9 Å². The lowest BCUT2D eigenvalue weighted by molar-refractivity contribution is 0.303. The standard InChI is InChI=1S/C17H17BrFNO/c1-20-17(15-10-12(19)4-9-16(15)18)11-2-5-13(6-3-11)21-14-7-8-14/h2-6,9-10,14,17,20H,7-8H2,1H3. The van der Waals surface area contributed by atoms with Gasteiger partial charge in [0.05, 0.1) is 12.1 Å². The van der Waals surface area contributed by atoms with Crippen molar-refractivity contribution in [1.29, 1.82) is 0 Å². The topological polar surface area (TPSA) is 21.3 Å². The maximum Gasteiger partial charge on any atom is 0.123 e. The maximum atomic E-state index is 13.5. The van der Waals surface area contributed by atoms with Crippen molar-refractivity contribution in [1.82, 2.24) is 5.32 Å². The quantitative estimate of drug-likeness (QED) is 0.861. The highest BCUT2D eigenvalue weighted by Crippen LogP contribution is 2.31. The molecule has 0 spiro atoms. The van der Waals surface area contributed by atoms with E-state index in [9.17, 15) is 4.39 Å². The molecule has 1 fully saturated rings. The first-order valence-electron chi connectivity index (χ1n) is 7.06. The van der Waals surface area contributed by atoms with E-state index in [1.54, 1.807) is 12.1 Å². The summed E-state index contributed by atoms with van der Waals surface area (Å²) < 4.78 is 20.1. The molecule has 2 nitrogen and oxygen atoms in total. The van der Waals surface area contributed by atoms with E-state index in [0.29, 0.717) is 6.10 Å². The van der Waals surface area contributed by atoms with E-state index in [0.717, 1.165) is 34.2 Å². The van der Waals surface area contributed by atoms with E-state index in [4.69, 9.17) is 4.74 Å². The van der Waals surface area contributed by atoms with Gasteiger partial charge in [-0.05, 0) is 61.3 Å². The molecular weight excluding hydrogens is 333 g/mol. The zero-order chi connectivity index (χ0) is 14.8. The van der Waals surface area contributed by atoms with Gasteiger partial charge in [-0.2, -0.15) is 0 Å². The van der Waals surface area contributed by atoms with E-state index >= 15 is 0 Å². The summed E-state index contributed by atoms with van der Waals surface area (Å²) in [5.41, 5.74) is 1.96. The molecule has 2 aromatic carbocycles. The number of ether oxygens (including phenoxy) is 1. The molecule has 110 valence electrons. The van der Waals surface area contributed by atoms with Crippen LogP contribution >= 0.6 is 15.9 Å². The van der Waals surface area contributed by atoms with Crippen molar-refractivity contribution in [2.45, 2.75) is 25.0 Å². The van der Waals surface area contributed by atoms with Gasteiger partial charge in [-0.3, -0.25) is 0 Å². The summed E-state index contributed by atoms with van der Waals surface area (Å²) in [5.74, 6) is 0.663. The van der Waals surface area contributed by atoms with Crippen molar-refractivity contribution in [2.24, 2.45) is 0 Å². The van der Waals surface area contributed by atoms with E-state index in [2.05, 4.69) is 21.2 Å². The summed E-state index contributed by atoms with van der Waals surface area (Å²) in [6.45, 7) is 0. The second kappa shape index (κ2) is 6.16. The Morgan fingerprint density at radius 3 is 2.52 bits per heavy atom. The van der Waals surface area contributed by atoms with Crippen molar-refractivity contribution in [2.75, 3.05) is 7.05 Å². The largest absolute Gasteiger partial charge is 0.490 e. The number of hydrogen-bond donors (Lipinski definition) is 1. The minimum Gasteiger partial charge on any atom is -0.490 e. The Labute approximate surface area is 132 Å². The van der Waals surface area contributed by atoms with Crippen LogP contribution in [-0.2, 0) is 0 Å². The molecule has 1 atom stereocenters. The lowest BCUT2D eigenvalue weighted by atomic mass is 9.98. The van der Waals surface area contributed by atoms with Gasteiger partial charge in [-0.25, -0.2) is 4.39 Å². The molecule has 0 aliphatic heterocycles. The van der Waals surface area contributed by atoms with Crippen LogP contribution in [0.5, 0.6) is 5.75 Å². The Hall–Kier alpha value is -1.39. The van der Waals surface area contributed by atoms with Gasteiger partial charge in [-0.15, -0.1) is 0 Å². The number of rotatable bonds is 5. The van der Waals surface area contributed by atoms with Crippen LogP contribution in [-0.4, -0.2) is 13.2 Å². The fraction of sp³-hybridized carbons (Fsp3) is 0.294. The first-order chi connectivity index (χ1) is 10.2. The summed E-state index contributed by atoms with van der Waals surface area (Å²) in [6, 6.07) is 12.7. The van der Waals surface area contributed by atoms with Crippen LogP contribution in [0.25, 0.3) is 0 Å². The maximum absolute atomic E-state index is 13.5. The van der Waals surface area contributed by atoms with Gasteiger partial charge in [0.15, 0.2) is 0 Å². The number of benzene rings is 2. The molecule has 2 aromatic rings. The van der Waals surface area contributed by atoms with Gasteiger partial charge < -0.3 is 10.1 Å². The smallest absolute Gasteiger partial charge is 0.123 e. The lowest BCUT2D eigenvalue weighted by Gasteiger charge is -2.19. The zero-order valence-corrected chi connectivity index (χ0v) is 13.4. The lowest BCUT2D eigenvalue weighted by Crippen LogP contribution is -2.18. The first-order valence-corrected chi connectivity index (χ1v) is 7.85. The number of nitrogens with one attached hydrogen (secondary N) is 1. The summed E-state index contributed by atoms with van der Waals surface area (Å²) in [7, 11) is 1.87. The molecule has 0 saturated heterocycles. The highest BCUT2D eigenvalue weighted by Gasteiger charge is 2.23. The summed E-state index contributed by atoms with van der Waals surface area (Å²) >= 11 is 3.49. The van der Waals surface area contributed by atoms with Crippen LogP contribution in [0, 0.1) is 5.82 Å². The summed E-state index contributed by atoms with van der Waals surface area (Å²) in [5, 5.41) is 3.24. The fourth-order valence-corrected chi connectivity index (χ4v) is 2.83. The number of halogens is 2. The molecule has 1 unspecified atom stereocenters. The molecule has 1 saturated carbocycles. The van der Waals surface area contributed by atoms with E-state index < -0.39 is 0 Å². The normalized spacial score (nSPS) is 15.8. The van der Waals surface area contributed by atoms with Crippen molar-refractivity contribution < 1.29 is 9.13 Å². The van der Waals surface area contributed by atoms with Crippen molar-refractivity contribution in [3.8, 4) is 5.75 Å². The third-order valence-corrected chi connectivity index (χ3v) is 4.32. The molecule has 3 rings (SSSR count). The van der Waals surface area contributed by atoms with Crippen LogP contribution in [0.3, 0.4) is 0 Å². The minimum atomic E-state index is -0.234. The Balaban J connectivity index is 1.86. The van der Waals surface area contributed by atoms with E-state index in [1.165, 1.54) is 6.07 Å². The monoisotopic (exact) mass is 349 g/mol. The number of hydrogen-bond acceptors (Lipinski definition) is 2. The molecule has 1 aliphatic carbocycles. The van der Waals surface area contributed by atoms with Gasteiger partial charge in [-0.1, -0.05) is 28.1 Å². The highest BCUT2D eigenvalue weighted by atomic mass is 79.9. The molecule has 1 N–H and O–H groups in total. The molecule has 0 bridgehead atoms. The Bertz CT molecular complexity index is 625. The van der Waals surface area contributed by atoms with E-state index in [1.807, 2.05) is 31.3 Å². The van der Waals surface area contributed by atoms with Crippen LogP contribution < -0.4 is 10.1 Å². The molecule has 0 aromatic heterocycles. The third kappa shape index (κ3) is 3.44. The van der Waals surface area contributed by atoms with Crippen molar-refractivity contribution in [3.63, 3.8) is 0 Å². The SMILES string of the molecule is CNC(c1ccc(OC2CC2)cc1)c1cc(F)ccc1Br. The zero-order valence-electron chi connectivity index (χ0n) is 11.8. The average Bonchev–Trinajstić information content (AvgIpc) is 3.29. The first kappa shape index (κ1) is 14.5. The van der Waals surface area contributed by atoms with Gasteiger partial charge in [0, 0.05) is 4.47 Å². The van der Waals surface area contributed by atoms with Gasteiger partial charge in [0.25, 0.3) is 0 Å². The van der Waals surface area contributed by atoms with Crippen LogP contribution in [0.2, 0.25) is 0 Å². The second-order valence-corrected chi connectivity index (χ2v) is 6.13. The summed E-state index contributed by atoms with van der Waals surface area (Å²) in [6.07, 6.45) is 2.70. The molecule has 4 heteroatoms. The van der Waals surface area contributed by atoms with Gasteiger partial charge in [0.2, 0.25) is 0 Å². The van der Waals surface area contributed by atoms with Crippen LogP contribution in [0.15, 0.2) is 46.9 Å². The van der Waals surface area contributed by atoms with Gasteiger partial charge in [0.1, 0.15) is 11.6 Å². The minimum absolute atomic E-state index is 0.0648.